The highest BCUT2D eigenvalue weighted by molar-refractivity contribution is 5.99. The first-order chi connectivity index (χ1) is 20.6. The van der Waals surface area contributed by atoms with Gasteiger partial charge in [-0.25, -0.2) is 4.79 Å². The molecule has 3 heterocycles. The summed E-state index contributed by atoms with van der Waals surface area (Å²) in [7, 11) is 1.40. The lowest BCUT2D eigenvalue weighted by Crippen LogP contribution is -2.63. The molecule has 2 unspecified atom stereocenters. The Hall–Kier alpha value is -4.66. The maximum Gasteiger partial charge on any atom is 0.410 e. The molecule has 5 N–H and O–H groups in total. The monoisotopic (exact) mass is 599 g/mol. The Morgan fingerprint density at radius 3 is 2.47 bits per heavy atom. The van der Waals surface area contributed by atoms with E-state index in [2.05, 4.69) is 20.7 Å². The molecule has 5 rings (SSSR count). The Morgan fingerprint density at radius 1 is 1.12 bits per heavy atom. The van der Waals surface area contributed by atoms with E-state index in [4.69, 9.17) is 15.9 Å². The fraction of sp³-hybridized carbons (Fsp3) is 0.393. The van der Waals surface area contributed by atoms with Crippen LogP contribution in [-0.2, 0) is 6.54 Å². The molecule has 2 saturated heterocycles. The zero-order valence-electron chi connectivity index (χ0n) is 23.4. The molecule has 2 atom stereocenters. The van der Waals surface area contributed by atoms with E-state index in [1.165, 1.54) is 18.1 Å². The van der Waals surface area contributed by atoms with Crippen molar-refractivity contribution in [2.24, 2.45) is 5.73 Å². The topological polar surface area (TPSA) is 154 Å². The number of nitrogens with one attached hydrogen (secondary N) is 3. The summed E-state index contributed by atoms with van der Waals surface area (Å²) in [6.45, 7) is 0.880. The number of ether oxygens (including phenoxy) is 1. The standard InChI is InChI=1S/C28H32F3N9O3/c1-43-20-7-3-2-6-19(20)25(41)40-26(35-16-17-8-10-18(11-9-17)23(32)33)36-24(37-40)21-22(28(29,30)31)39(15-12-34-21)27(42)38-13-4-5-14-38/h2-3,6-11,21-22,34H,4-5,12-16H2,1H3,(H3,32,33)(H,35,36,37). The number of nitrogens with zero attached hydrogens (tertiary/aromatic N) is 5. The second-order valence-electron chi connectivity index (χ2n) is 10.3. The highest BCUT2D eigenvalue weighted by atomic mass is 19.4. The van der Waals surface area contributed by atoms with Crippen molar-refractivity contribution in [2.75, 3.05) is 38.6 Å². The predicted octanol–water partition coefficient (Wildman–Crippen LogP) is 2.96. The normalized spacial score (nSPS) is 18.9. The number of nitrogen functional groups attached to an aromatic ring is 1. The third-order valence-electron chi connectivity index (χ3n) is 7.47. The fourth-order valence-corrected chi connectivity index (χ4v) is 5.31. The van der Waals surface area contributed by atoms with Gasteiger partial charge in [0.2, 0.25) is 5.95 Å². The summed E-state index contributed by atoms with van der Waals surface area (Å²) in [6, 6.07) is 8.70. The lowest BCUT2D eigenvalue weighted by Gasteiger charge is -2.42. The third kappa shape index (κ3) is 6.26. The second-order valence-corrected chi connectivity index (χ2v) is 10.3. The quantitative estimate of drug-likeness (QED) is 0.239. The number of nitrogens with two attached hydrogens (primary N) is 1. The van der Waals surface area contributed by atoms with Gasteiger partial charge in [0.25, 0.3) is 5.91 Å². The number of hydrogen-bond donors (Lipinski definition) is 4. The van der Waals surface area contributed by atoms with Gasteiger partial charge in [-0.2, -0.15) is 22.8 Å². The van der Waals surface area contributed by atoms with E-state index in [0.29, 0.717) is 18.7 Å². The van der Waals surface area contributed by atoms with Gasteiger partial charge in [0.15, 0.2) is 11.9 Å². The molecule has 43 heavy (non-hydrogen) atoms. The van der Waals surface area contributed by atoms with Crippen LogP contribution in [0, 0.1) is 5.41 Å². The second kappa shape index (κ2) is 12.3. The van der Waals surface area contributed by atoms with Gasteiger partial charge in [-0.05, 0) is 30.5 Å². The van der Waals surface area contributed by atoms with Gasteiger partial charge < -0.3 is 30.9 Å². The number of piperazine rings is 1. The molecular formula is C28H32F3N9O3. The van der Waals surface area contributed by atoms with Crippen molar-refractivity contribution in [1.82, 2.24) is 29.9 Å². The number of amides is 2. The number of carbonyl (C=O) groups excluding carboxylic acids is 2. The number of alkyl halides is 3. The van der Waals surface area contributed by atoms with Crippen LogP contribution in [0.3, 0.4) is 0 Å². The third-order valence-corrected chi connectivity index (χ3v) is 7.47. The summed E-state index contributed by atoms with van der Waals surface area (Å²) in [5, 5.41) is 17.7. The number of rotatable bonds is 7. The molecule has 0 bridgehead atoms. The SMILES string of the molecule is COc1ccccc1C(=O)n1nc(C2NCCN(C(=O)N3CCCC3)C2C(F)(F)F)nc1NCc1ccc(C(=N)N)cc1. The zero-order valence-corrected chi connectivity index (χ0v) is 23.4. The number of urea groups is 1. The van der Waals surface area contributed by atoms with E-state index >= 15 is 0 Å². The summed E-state index contributed by atoms with van der Waals surface area (Å²) in [4.78, 5) is 33.5. The van der Waals surface area contributed by atoms with Gasteiger partial charge in [-0.1, -0.05) is 36.4 Å². The van der Waals surface area contributed by atoms with Crippen molar-refractivity contribution in [1.29, 1.82) is 5.41 Å². The van der Waals surface area contributed by atoms with Crippen LogP contribution in [-0.4, -0.2) is 87.8 Å². The number of aromatic nitrogens is 3. The van der Waals surface area contributed by atoms with Crippen LogP contribution in [0.1, 0.15) is 46.2 Å². The van der Waals surface area contributed by atoms with E-state index < -0.39 is 30.2 Å². The lowest BCUT2D eigenvalue weighted by atomic mass is 10.0. The predicted molar refractivity (Wildman–Crippen MR) is 151 cm³/mol. The number of likely N-dealkylation sites (tertiary alicyclic amines) is 1. The van der Waals surface area contributed by atoms with Gasteiger partial charge in [0.1, 0.15) is 11.6 Å². The van der Waals surface area contributed by atoms with Crippen LogP contribution in [0.25, 0.3) is 0 Å². The Morgan fingerprint density at radius 2 is 1.81 bits per heavy atom. The molecule has 0 spiro atoms. The molecule has 2 amide bonds. The van der Waals surface area contributed by atoms with Crippen molar-refractivity contribution >= 4 is 23.7 Å². The summed E-state index contributed by atoms with van der Waals surface area (Å²) >= 11 is 0. The van der Waals surface area contributed by atoms with E-state index in [9.17, 15) is 22.8 Å². The van der Waals surface area contributed by atoms with E-state index in [1.807, 2.05) is 0 Å². The summed E-state index contributed by atoms with van der Waals surface area (Å²) in [5.74, 6) is -0.898. The average molecular weight is 600 g/mol. The van der Waals surface area contributed by atoms with Crippen LogP contribution >= 0.6 is 0 Å². The van der Waals surface area contributed by atoms with Gasteiger partial charge in [-0.3, -0.25) is 10.2 Å². The highest BCUT2D eigenvalue weighted by Crippen LogP contribution is 2.36. The van der Waals surface area contributed by atoms with Crippen molar-refractivity contribution in [3.63, 3.8) is 0 Å². The van der Waals surface area contributed by atoms with Gasteiger partial charge in [0.05, 0.1) is 18.7 Å². The Labute approximate surface area is 245 Å². The number of hydrogen-bond acceptors (Lipinski definition) is 8. The first-order valence-corrected chi connectivity index (χ1v) is 13.8. The zero-order chi connectivity index (χ0) is 30.7. The molecule has 2 aliphatic rings. The van der Waals surface area contributed by atoms with Gasteiger partial charge in [-0.15, -0.1) is 5.10 Å². The maximum absolute atomic E-state index is 14.6. The minimum absolute atomic E-state index is 0.0804. The average Bonchev–Trinajstić information content (AvgIpc) is 3.69. The van der Waals surface area contributed by atoms with E-state index in [1.54, 1.807) is 42.5 Å². The molecule has 0 aliphatic carbocycles. The highest BCUT2D eigenvalue weighted by Gasteiger charge is 2.54. The van der Waals surface area contributed by atoms with Crippen LogP contribution in [0.4, 0.5) is 23.9 Å². The molecule has 3 aromatic rings. The molecule has 2 aliphatic heterocycles. The van der Waals surface area contributed by atoms with Gasteiger partial charge in [0, 0.05) is 38.3 Å². The Kier molecular flexibility index (Phi) is 8.52. The number of amidine groups is 1. The molecule has 228 valence electrons. The Balaban J connectivity index is 1.51. The summed E-state index contributed by atoms with van der Waals surface area (Å²) in [6.07, 6.45) is -3.33. The molecule has 0 radical (unpaired) electrons. The Bertz CT molecular complexity index is 1490. The molecule has 2 fully saturated rings. The number of methoxy groups -OCH3 is 1. The number of anilines is 1. The van der Waals surface area contributed by atoms with E-state index in [0.717, 1.165) is 28.0 Å². The van der Waals surface area contributed by atoms with Crippen LogP contribution in [0.5, 0.6) is 5.75 Å². The van der Waals surface area contributed by atoms with E-state index in [-0.39, 0.29) is 48.6 Å². The fourth-order valence-electron chi connectivity index (χ4n) is 5.31. The summed E-state index contributed by atoms with van der Waals surface area (Å²) < 4.78 is 50.1. The van der Waals surface area contributed by atoms with Crippen LogP contribution < -0.4 is 21.1 Å². The molecule has 12 nitrogen and oxygen atoms in total. The minimum atomic E-state index is -4.81. The molecule has 1 aromatic heterocycles. The smallest absolute Gasteiger partial charge is 0.410 e. The summed E-state index contributed by atoms with van der Waals surface area (Å²) in [5.41, 5.74) is 6.91. The van der Waals surface area contributed by atoms with Crippen molar-refractivity contribution in [3.8, 4) is 5.75 Å². The minimum Gasteiger partial charge on any atom is -0.496 e. The largest absolute Gasteiger partial charge is 0.496 e. The first kappa shape index (κ1) is 29.8. The van der Waals surface area contributed by atoms with Crippen LogP contribution in [0.15, 0.2) is 48.5 Å². The molecule has 0 saturated carbocycles. The van der Waals surface area contributed by atoms with Crippen molar-refractivity contribution in [3.05, 3.63) is 71.0 Å². The molecule has 2 aromatic carbocycles. The maximum atomic E-state index is 14.6. The molecule has 15 heteroatoms. The lowest BCUT2D eigenvalue weighted by molar-refractivity contribution is -0.191. The molecular weight excluding hydrogens is 567 g/mol. The van der Waals surface area contributed by atoms with Crippen molar-refractivity contribution < 1.29 is 27.5 Å². The number of benzene rings is 2. The number of carbonyl (C=O) groups is 2. The van der Waals surface area contributed by atoms with Gasteiger partial charge >= 0.3 is 12.2 Å². The van der Waals surface area contributed by atoms with Crippen molar-refractivity contribution in [2.45, 2.75) is 37.6 Å². The van der Waals surface area contributed by atoms with Crippen LogP contribution in [0.2, 0.25) is 0 Å². The first-order valence-electron chi connectivity index (χ1n) is 13.8. The number of halogens is 3. The number of para-hydroxylation sites is 1.